The number of methoxy groups -OCH3 is 2. The van der Waals surface area contributed by atoms with Crippen LogP contribution in [0.4, 0.5) is 5.69 Å². The minimum atomic E-state index is -3.75. The van der Waals surface area contributed by atoms with Crippen LogP contribution in [0.15, 0.2) is 51.8 Å². The molecule has 0 aromatic heterocycles. The first kappa shape index (κ1) is 15.7. The predicted octanol–water partition coefficient (Wildman–Crippen LogP) is 3.27. The first-order chi connectivity index (χ1) is 9.96. The zero-order valence-corrected chi connectivity index (χ0v) is 13.9. The van der Waals surface area contributed by atoms with Crippen LogP contribution in [-0.4, -0.2) is 22.6 Å². The van der Waals surface area contributed by atoms with Crippen LogP contribution >= 0.6 is 15.9 Å². The van der Waals surface area contributed by atoms with Crippen molar-refractivity contribution in [1.82, 2.24) is 0 Å². The molecule has 112 valence electrons. The zero-order valence-electron chi connectivity index (χ0n) is 11.5. The summed E-state index contributed by atoms with van der Waals surface area (Å²) in [6.07, 6.45) is 0. The summed E-state index contributed by atoms with van der Waals surface area (Å²) in [6, 6.07) is 11.4. The van der Waals surface area contributed by atoms with E-state index in [1.165, 1.54) is 26.4 Å². The third-order valence-corrected chi connectivity index (χ3v) is 4.65. The van der Waals surface area contributed by atoms with E-state index in [1.807, 2.05) is 6.07 Å². The van der Waals surface area contributed by atoms with Crippen LogP contribution in [0.3, 0.4) is 0 Å². The Morgan fingerprint density at radius 1 is 1.05 bits per heavy atom. The maximum atomic E-state index is 12.4. The summed E-state index contributed by atoms with van der Waals surface area (Å²) in [6.45, 7) is 0. The van der Waals surface area contributed by atoms with Gasteiger partial charge in [0.1, 0.15) is 16.4 Å². The molecular formula is C14H14BrNO4S. The van der Waals surface area contributed by atoms with Gasteiger partial charge in [0.15, 0.2) is 0 Å². The lowest BCUT2D eigenvalue weighted by Gasteiger charge is -2.12. The third-order valence-electron chi connectivity index (χ3n) is 2.74. The predicted molar refractivity (Wildman–Crippen MR) is 84.5 cm³/mol. The van der Waals surface area contributed by atoms with Crippen molar-refractivity contribution in [2.45, 2.75) is 4.90 Å². The number of rotatable bonds is 5. The maximum absolute atomic E-state index is 12.4. The number of sulfonamides is 1. The van der Waals surface area contributed by atoms with Crippen molar-refractivity contribution in [3.63, 3.8) is 0 Å². The monoisotopic (exact) mass is 371 g/mol. The van der Waals surface area contributed by atoms with Gasteiger partial charge in [0, 0.05) is 16.2 Å². The fourth-order valence-electron chi connectivity index (χ4n) is 1.76. The van der Waals surface area contributed by atoms with Crippen LogP contribution in [0.25, 0.3) is 0 Å². The number of anilines is 1. The molecule has 0 spiro atoms. The van der Waals surface area contributed by atoms with Crippen molar-refractivity contribution in [3.8, 4) is 11.5 Å². The van der Waals surface area contributed by atoms with Gasteiger partial charge in [0.2, 0.25) is 0 Å². The van der Waals surface area contributed by atoms with Gasteiger partial charge in [-0.25, -0.2) is 8.42 Å². The van der Waals surface area contributed by atoms with Gasteiger partial charge in [-0.3, -0.25) is 4.72 Å². The Morgan fingerprint density at radius 3 is 2.43 bits per heavy atom. The van der Waals surface area contributed by atoms with Crippen molar-refractivity contribution in [3.05, 3.63) is 46.9 Å². The van der Waals surface area contributed by atoms with Gasteiger partial charge in [0.05, 0.1) is 14.2 Å². The van der Waals surface area contributed by atoms with Crippen LogP contribution < -0.4 is 14.2 Å². The fourth-order valence-corrected chi connectivity index (χ4v) is 3.36. The summed E-state index contributed by atoms with van der Waals surface area (Å²) in [5.74, 6) is 0.741. The van der Waals surface area contributed by atoms with E-state index >= 15 is 0 Å². The SMILES string of the molecule is COc1ccc(S(=O)(=O)Nc2cccc(Br)c2)c(OC)c1. The Hall–Kier alpha value is -1.73. The van der Waals surface area contributed by atoms with E-state index in [4.69, 9.17) is 9.47 Å². The summed E-state index contributed by atoms with van der Waals surface area (Å²) in [7, 11) is -0.837. The average molecular weight is 372 g/mol. The quantitative estimate of drug-likeness (QED) is 0.875. The lowest BCUT2D eigenvalue weighted by atomic mass is 10.3. The molecule has 5 nitrogen and oxygen atoms in total. The highest BCUT2D eigenvalue weighted by molar-refractivity contribution is 9.10. The number of halogens is 1. The third kappa shape index (κ3) is 3.68. The number of benzene rings is 2. The second kappa shape index (κ2) is 6.36. The molecule has 0 aliphatic rings. The van der Waals surface area contributed by atoms with Crippen molar-refractivity contribution >= 4 is 31.6 Å². The molecule has 0 atom stereocenters. The summed E-state index contributed by atoms with van der Waals surface area (Å²) in [5.41, 5.74) is 0.460. The molecule has 2 rings (SSSR count). The van der Waals surface area contributed by atoms with Crippen molar-refractivity contribution in [2.24, 2.45) is 0 Å². The van der Waals surface area contributed by atoms with E-state index < -0.39 is 10.0 Å². The van der Waals surface area contributed by atoms with E-state index in [0.29, 0.717) is 11.4 Å². The van der Waals surface area contributed by atoms with Gasteiger partial charge in [-0.15, -0.1) is 0 Å². The Labute approximate surface area is 132 Å². The normalized spacial score (nSPS) is 11.0. The number of nitrogens with one attached hydrogen (secondary N) is 1. The summed E-state index contributed by atoms with van der Waals surface area (Å²) < 4.78 is 38.4. The molecule has 0 bridgehead atoms. The van der Waals surface area contributed by atoms with Crippen LogP contribution in [0.1, 0.15) is 0 Å². The van der Waals surface area contributed by atoms with Gasteiger partial charge in [0.25, 0.3) is 10.0 Å². The summed E-state index contributed by atoms with van der Waals surface area (Å²) >= 11 is 3.30. The molecule has 0 aliphatic carbocycles. The minimum absolute atomic E-state index is 0.0470. The topological polar surface area (TPSA) is 64.6 Å². The molecule has 2 aromatic rings. The van der Waals surface area contributed by atoms with E-state index in [-0.39, 0.29) is 10.6 Å². The first-order valence-corrected chi connectivity index (χ1v) is 8.24. The van der Waals surface area contributed by atoms with Gasteiger partial charge in [-0.1, -0.05) is 22.0 Å². The van der Waals surface area contributed by atoms with Gasteiger partial charge < -0.3 is 9.47 Å². The number of hydrogen-bond donors (Lipinski definition) is 1. The molecule has 2 aromatic carbocycles. The molecule has 0 aliphatic heterocycles. The number of ether oxygens (including phenoxy) is 2. The molecule has 0 saturated carbocycles. The lowest BCUT2D eigenvalue weighted by Crippen LogP contribution is -2.14. The highest BCUT2D eigenvalue weighted by Gasteiger charge is 2.20. The van der Waals surface area contributed by atoms with E-state index in [9.17, 15) is 8.42 Å². The van der Waals surface area contributed by atoms with Gasteiger partial charge >= 0.3 is 0 Å². The molecule has 21 heavy (non-hydrogen) atoms. The first-order valence-electron chi connectivity index (χ1n) is 5.96. The molecule has 0 radical (unpaired) electrons. The molecule has 1 N–H and O–H groups in total. The Balaban J connectivity index is 2.40. The summed E-state index contributed by atoms with van der Waals surface area (Å²) in [4.78, 5) is 0.0470. The standard InChI is InChI=1S/C14H14BrNO4S/c1-19-12-6-7-14(13(9-12)20-2)21(17,18)16-11-5-3-4-10(15)8-11/h3-9,16H,1-2H3. The molecule has 0 fully saturated rings. The smallest absolute Gasteiger partial charge is 0.265 e. The molecule has 0 unspecified atom stereocenters. The molecular weight excluding hydrogens is 358 g/mol. The van der Waals surface area contributed by atoms with Crippen LogP contribution in [0.5, 0.6) is 11.5 Å². The van der Waals surface area contributed by atoms with E-state index in [2.05, 4.69) is 20.7 Å². The second-order valence-corrected chi connectivity index (χ2v) is 6.70. The lowest BCUT2D eigenvalue weighted by molar-refractivity contribution is 0.386. The van der Waals surface area contributed by atoms with Crippen LogP contribution in [0, 0.1) is 0 Å². The summed E-state index contributed by atoms with van der Waals surface area (Å²) in [5, 5.41) is 0. The van der Waals surface area contributed by atoms with Gasteiger partial charge in [-0.2, -0.15) is 0 Å². The van der Waals surface area contributed by atoms with Crippen molar-refractivity contribution < 1.29 is 17.9 Å². The highest BCUT2D eigenvalue weighted by Crippen LogP contribution is 2.30. The van der Waals surface area contributed by atoms with Crippen molar-refractivity contribution in [2.75, 3.05) is 18.9 Å². The van der Waals surface area contributed by atoms with E-state index in [1.54, 1.807) is 24.3 Å². The van der Waals surface area contributed by atoms with Crippen LogP contribution in [-0.2, 0) is 10.0 Å². The maximum Gasteiger partial charge on any atom is 0.265 e. The largest absolute Gasteiger partial charge is 0.497 e. The Kier molecular flexibility index (Phi) is 4.74. The molecule has 0 amide bonds. The second-order valence-electron chi connectivity index (χ2n) is 4.13. The molecule has 0 saturated heterocycles. The fraction of sp³-hybridized carbons (Fsp3) is 0.143. The Morgan fingerprint density at radius 2 is 1.81 bits per heavy atom. The van der Waals surface area contributed by atoms with E-state index in [0.717, 1.165) is 4.47 Å². The average Bonchev–Trinajstić information content (AvgIpc) is 2.46. The van der Waals surface area contributed by atoms with Crippen LogP contribution in [0.2, 0.25) is 0 Å². The molecule has 0 heterocycles. The van der Waals surface area contributed by atoms with Gasteiger partial charge in [-0.05, 0) is 30.3 Å². The Bertz CT molecular complexity index is 746. The highest BCUT2D eigenvalue weighted by atomic mass is 79.9. The number of hydrogen-bond acceptors (Lipinski definition) is 4. The molecule has 7 heteroatoms. The van der Waals surface area contributed by atoms with Crippen molar-refractivity contribution in [1.29, 1.82) is 0 Å². The zero-order chi connectivity index (χ0) is 15.5. The minimum Gasteiger partial charge on any atom is -0.497 e.